The van der Waals surface area contributed by atoms with E-state index in [0.717, 1.165) is 51.9 Å². The van der Waals surface area contributed by atoms with Crippen molar-refractivity contribution in [3.8, 4) is 0 Å². The molecule has 3 aliphatic rings. The van der Waals surface area contributed by atoms with Crippen LogP contribution in [0.2, 0.25) is 0 Å². The van der Waals surface area contributed by atoms with E-state index in [1.165, 1.54) is 44.2 Å². The number of likely N-dealkylation sites (tertiary alicyclic amines) is 2. The Bertz CT molecular complexity index is 558. The number of hydrogen-bond acceptors (Lipinski definition) is 3. The first-order valence-electron chi connectivity index (χ1n) is 10.3. The Balaban J connectivity index is 1.53. The van der Waals surface area contributed by atoms with Crippen LogP contribution in [0.4, 0.5) is 0 Å². The minimum atomic E-state index is -0.200. The molecule has 0 radical (unpaired) electrons. The number of aromatic nitrogens is 2. The van der Waals surface area contributed by atoms with E-state index in [0.29, 0.717) is 11.8 Å². The van der Waals surface area contributed by atoms with E-state index < -0.39 is 0 Å². The van der Waals surface area contributed by atoms with Gasteiger partial charge >= 0.3 is 0 Å². The van der Waals surface area contributed by atoms with Gasteiger partial charge in [0.1, 0.15) is 5.54 Å². The number of amides is 1. The summed E-state index contributed by atoms with van der Waals surface area (Å²) in [6, 6.07) is 2.07. The zero-order chi connectivity index (χ0) is 17.1. The highest BCUT2D eigenvalue weighted by atomic mass is 16.2. The first kappa shape index (κ1) is 17.1. The van der Waals surface area contributed by atoms with E-state index in [-0.39, 0.29) is 5.54 Å². The van der Waals surface area contributed by atoms with Gasteiger partial charge in [0.05, 0.1) is 0 Å². The number of aromatic amines is 1. The average molecular weight is 345 g/mol. The monoisotopic (exact) mass is 344 g/mol. The highest BCUT2D eigenvalue weighted by Gasteiger charge is 2.47. The maximum Gasteiger partial charge on any atom is 0.243 e. The van der Waals surface area contributed by atoms with Crippen LogP contribution in [0.3, 0.4) is 0 Å². The molecule has 1 atom stereocenters. The van der Waals surface area contributed by atoms with Gasteiger partial charge in [0, 0.05) is 30.9 Å². The Hall–Kier alpha value is -1.36. The van der Waals surface area contributed by atoms with Crippen molar-refractivity contribution in [2.24, 2.45) is 0 Å². The summed E-state index contributed by atoms with van der Waals surface area (Å²) in [5.74, 6) is 0.848. The molecular weight excluding hydrogens is 312 g/mol. The standard InChI is InChI=1S/C20H32N4O/c25-19(23-13-7-8-17(16-23)18-9-12-21-22-18)20(10-3-1-4-11-20)24-14-5-2-6-15-24/h9,12,17H,1-8,10-11,13-16H2,(H,21,22)/t17-/m1/s1. The molecule has 138 valence electrons. The lowest BCUT2D eigenvalue weighted by molar-refractivity contribution is -0.149. The predicted molar refractivity (Wildman–Crippen MR) is 98.4 cm³/mol. The SMILES string of the molecule is O=C(N1CCC[C@@H](c2ccn[nH]2)C1)C1(N2CCCCC2)CCCCC1. The van der Waals surface area contributed by atoms with Crippen molar-refractivity contribution >= 4 is 5.91 Å². The zero-order valence-electron chi connectivity index (χ0n) is 15.4. The fourth-order valence-corrected chi connectivity index (χ4v) is 5.33. The van der Waals surface area contributed by atoms with Gasteiger partial charge in [-0.3, -0.25) is 14.8 Å². The molecule has 0 aromatic carbocycles. The van der Waals surface area contributed by atoms with Crippen LogP contribution in [0.1, 0.15) is 75.8 Å². The van der Waals surface area contributed by atoms with Crippen molar-refractivity contribution in [1.82, 2.24) is 20.0 Å². The Kier molecular flexibility index (Phi) is 5.11. The largest absolute Gasteiger partial charge is 0.340 e. The van der Waals surface area contributed by atoms with Crippen LogP contribution in [0.5, 0.6) is 0 Å². The lowest BCUT2D eigenvalue weighted by Crippen LogP contribution is -2.62. The van der Waals surface area contributed by atoms with Crippen LogP contribution in [-0.2, 0) is 4.79 Å². The molecule has 1 N–H and O–H groups in total. The zero-order valence-corrected chi connectivity index (χ0v) is 15.4. The van der Waals surface area contributed by atoms with Gasteiger partial charge in [-0.05, 0) is 57.7 Å². The molecule has 1 aliphatic carbocycles. The third kappa shape index (κ3) is 3.35. The molecule has 5 heteroatoms. The summed E-state index contributed by atoms with van der Waals surface area (Å²) in [4.78, 5) is 18.5. The van der Waals surface area contributed by atoms with Crippen LogP contribution >= 0.6 is 0 Å². The molecule has 1 amide bonds. The van der Waals surface area contributed by atoms with Crippen LogP contribution in [0.15, 0.2) is 12.3 Å². The van der Waals surface area contributed by atoms with Crippen LogP contribution < -0.4 is 0 Å². The third-order valence-corrected chi connectivity index (χ3v) is 6.71. The lowest BCUT2D eigenvalue weighted by atomic mass is 9.77. The second-order valence-corrected chi connectivity index (χ2v) is 8.24. The molecule has 2 saturated heterocycles. The normalized spacial score (nSPS) is 28.0. The van der Waals surface area contributed by atoms with E-state index in [1.54, 1.807) is 0 Å². The first-order valence-corrected chi connectivity index (χ1v) is 10.3. The van der Waals surface area contributed by atoms with Crippen molar-refractivity contribution < 1.29 is 4.79 Å². The van der Waals surface area contributed by atoms with E-state index in [2.05, 4.69) is 26.1 Å². The number of nitrogens with zero attached hydrogens (tertiary/aromatic N) is 3. The second-order valence-electron chi connectivity index (χ2n) is 8.24. The Morgan fingerprint density at radius 1 is 1.04 bits per heavy atom. The maximum absolute atomic E-state index is 13.7. The van der Waals surface area contributed by atoms with Gasteiger partial charge in [-0.15, -0.1) is 0 Å². The Labute approximate surface area is 151 Å². The van der Waals surface area contributed by atoms with Gasteiger partial charge in [-0.2, -0.15) is 5.10 Å². The summed E-state index contributed by atoms with van der Waals surface area (Å²) in [6.45, 7) is 4.02. The summed E-state index contributed by atoms with van der Waals surface area (Å²) in [6.07, 6.45) is 13.8. The molecular formula is C20H32N4O. The number of hydrogen-bond donors (Lipinski definition) is 1. The van der Waals surface area contributed by atoms with E-state index in [4.69, 9.17) is 0 Å². The summed E-state index contributed by atoms with van der Waals surface area (Å²) < 4.78 is 0. The predicted octanol–water partition coefficient (Wildman–Crippen LogP) is 3.30. The third-order valence-electron chi connectivity index (χ3n) is 6.71. The maximum atomic E-state index is 13.7. The molecule has 0 bridgehead atoms. The summed E-state index contributed by atoms with van der Waals surface area (Å²) in [7, 11) is 0. The highest BCUT2D eigenvalue weighted by Crippen LogP contribution is 2.38. The Morgan fingerprint density at radius 2 is 1.80 bits per heavy atom. The van der Waals surface area contributed by atoms with Crippen LogP contribution in [-0.4, -0.2) is 57.6 Å². The average Bonchev–Trinajstić information content (AvgIpc) is 3.24. The van der Waals surface area contributed by atoms with Gasteiger partial charge in [0.15, 0.2) is 0 Å². The van der Waals surface area contributed by atoms with Gasteiger partial charge in [-0.1, -0.05) is 25.7 Å². The van der Waals surface area contributed by atoms with E-state index >= 15 is 0 Å². The number of carbonyl (C=O) groups excluding carboxylic acids is 1. The van der Waals surface area contributed by atoms with Gasteiger partial charge in [-0.25, -0.2) is 0 Å². The molecule has 4 rings (SSSR count). The summed E-state index contributed by atoms with van der Waals surface area (Å²) in [5.41, 5.74) is 0.988. The summed E-state index contributed by atoms with van der Waals surface area (Å²) >= 11 is 0. The molecule has 25 heavy (non-hydrogen) atoms. The molecule has 1 saturated carbocycles. The molecule has 5 nitrogen and oxygen atoms in total. The fourth-order valence-electron chi connectivity index (χ4n) is 5.33. The second kappa shape index (κ2) is 7.48. The van der Waals surface area contributed by atoms with Crippen molar-refractivity contribution in [3.63, 3.8) is 0 Å². The van der Waals surface area contributed by atoms with Gasteiger partial charge in [0.2, 0.25) is 5.91 Å². The van der Waals surface area contributed by atoms with Gasteiger partial charge in [0.25, 0.3) is 0 Å². The van der Waals surface area contributed by atoms with Crippen molar-refractivity contribution in [3.05, 3.63) is 18.0 Å². The lowest BCUT2D eigenvalue weighted by Gasteiger charge is -2.49. The van der Waals surface area contributed by atoms with Crippen molar-refractivity contribution in [2.45, 2.75) is 75.7 Å². The molecule has 0 unspecified atom stereocenters. The number of nitrogens with one attached hydrogen (secondary N) is 1. The number of rotatable bonds is 3. The number of carbonyl (C=O) groups is 1. The van der Waals surface area contributed by atoms with Crippen molar-refractivity contribution in [2.75, 3.05) is 26.2 Å². The Morgan fingerprint density at radius 3 is 2.52 bits per heavy atom. The number of piperidine rings is 2. The van der Waals surface area contributed by atoms with Crippen molar-refractivity contribution in [1.29, 1.82) is 0 Å². The summed E-state index contributed by atoms with van der Waals surface area (Å²) in [5, 5.41) is 7.23. The quantitative estimate of drug-likeness (QED) is 0.915. The number of H-pyrrole nitrogens is 1. The van der Waals surface area contributed by atoms with E-state index in [9.17, 15) is 4.79 Å². The highest BCUT2D eigenvalue weighted by molar-refractivity contribution is 5.86. The fraction of sp³-hybridized carbons (Fsp3) is 0.800. The molecule has 3 fully saturated rings. The smallest absolute Gasteiger partial charge is 0.243 e. The van der Waals surface area contributed by atoms with E-state index in [1.807, 2.05) is 6.20 Å². The van der Waals surface area contributed by atoms with Crippen LogP contribution in [0.25, 0.3) is 0 Å². The minimum Gasteiger partial charge on any atom is -0.340 e. The topological polar surface area (TPSA) is 52.2 Å². The molecule has 1 aromatic rings. The molecule has 2 aliphatic heterocycles. The molecule has 3 heterocycles. The molecule has 1 aromatic heterocycles. The molecule has 0 spiro atoms. The minimum absolute atomic E-state index is 0.200. The van der Waals surface area contributed by atoms with Gasteiger partial charge < -0.3 is 4.90 Å². The first-order chi connectivity index (χ1) is 12.3. The van der Waals surface area contributed by atoms with Crippen LogP contribution in [0, 0.1) is 0 Å².